The Morgan fingerprint density at radius 3 is 2.55 bits per heavy atom. The van der Waals surface area contributed by atoms with Crippen LogP contribution in [0, 0.1) is 5.82 Å². The van der Waals surface area contributed by atoms with Crippen molar-refractivity contribution in [3.63, 3.8) is 0 Å². The van der Waals surface area contributed by atoms with E-state index in [-0.39, 0.29) is 12.4 Å². The maximum Gasteiger partial charge on any atom is 0.241 e. The van der Waals surface area contributed by atoms with Crippen LogP contribution in [0.1, 0.15) is 11.1 Å². The highest BCUT2D eigenvalue weighted by atomic mass is 19.1. The standard InChI is InChI=1S/C17H16FNO3/c1-21-15-8-4-12(5-9-17(19)20)10-16(15)22-11-13-2-6-14(18)7-3-13/h2-10H,11H2,1H3,(H2,19,20). The number of rotatable bonds is 6. The number of primary amides is 1. The molecule has 4 nitrogen and oxygen atoms in total. The molecular weight excluding hydrogens is 285 g/mol. The van der Waals surface area contributed by atoms with Crippen LogP contribution in [0.3, 0.4) is 0 Å². The van der Waals surface area contributed by atoms with Gasteiger partial charge in [-0.15, -0.1) is 0 Å². The van der Waals surface area contributed by atoms with Gasteiger partial charge in [0.25, 0.3) is 0 Å². The van der Waals surface area contributed by atoms with E-state index in [1.54, 1.807) is 43.5 Å². The Balaban J connectivity index is 2.15. The molecule has 2 rings (SSSR count). The van der Waals surface area contributed by atoms with Crippen molar-refractivity contribution in [3.8, 4) is 11.5 Å². The van der Waals surface area contributed by atoms with E-state index in [2.05, 4.69) is 0 Å². The molecule has 0 aromatic heterocycles. The number of hydrogen-bond acceptors (Lipinski definition) is 3. The van der Waals surface area contributed by atoms with Crippen LogP contribution in [-0.2, 0) is 11.4 Å². The fraction of sp³-hybridized carbons (Fsp3) is 0.118. The normalized spacial score (nSPS) is 10.6. The Morgan fingerprint density at radius 2 is 1.91 bits per heavy atom. The molecule has 0 fully saturated rings. The first-order valence-electron chi connectivity index (χ1n) is 6.61. The number of hydrogen-bond donors (Lipinski definition) is 1. The van der Waals surface area contributed by atoms with Crippen LogP contribution in [0.2, 0.25) is 0 Å². The first-order valence-corrected chi connectivity index (χ1v) is 6.61. The number of halogens is 1. The van der Waals surface area contributed by atoms with E-state index in [4.69, 9.17) is 15.2 Å². The average Bonchev–Trinajstić information content (AvgIpc) is 2.52. The van der Waals surface area contributed by atoms with Gasteiger partial charge < -0.3 is 15.2 Å². The lowest BCUT2D eigenvalue weighted by Gasteiger charge is -2.11. The summed E-state index contributed by atoms with van der Waals surface area (Å²) in [5.74, 6) is 0.279. The molecule has 114 valence electrons. The lowest BCUT2D eigenvalue weighted by Crippen LogP contribution is -2.05. The molecule has 0 aliphatic carbocycles. The highest BCUT2D eigenvalue weighted by Crippen LogP contribution is 2.29. The molecule has 0 saturated heterocycles. The number of nitrogens with two attached hydrogens (primary N) is 1. The third kappa shape index (κ3) is 4.34. The lowest BCUT2D eigenvalue weighted by molar-refractivity contribution is -0.113. The number of amides is 1. The summed E-state index contributed by atoms with van der Waals surface area (Å²) < 4.78 is 23.8. The summed E-state index contributed by atoms with van der Waals surface area (Å²) in [6.07, 6.45) is 2.86. The molecule has 0 atom stereocenters. The van der Waals surface area contributed by atoms with Gasteiger partial charge in [-0.05, 0) is 41.5 Å². The van der Waals surface area contributed by atoms with Gasteiger partial charge in [0.15, 0.2) is 11.5 Å². The molecule has 5 heteroatoms. The predicted octanol–water partition coefficient (Wildman–Crippen LogP) is 2.91. The van der Waals surface area contributed by atoms with Gasteiger partial charge in [0.1, 0.15) is 12.4 Å². The Kier molecular flexibility index (Phi) is 5.14. The van der Waals surface area contributed by atoms with Crippen molar-refractivity contribution in [1.29, 1.82) is 0 Å². The fourth-order valence-corrected chi connectivity index (χ4v) is 1.83. The minimum Gasteiger partial charge on any atom is -0.493 e. The minimum absolute atomic E-state index is 0.277. The third-order valence-electron chi connectivity index (χ3n) is 2.94. The largest absolute Gasteiger partial charge is 0.493 e. The Morgan fingerprint density at radius 1 is 1.18 bits per heavy atom. The van der Waals surface area contributed by atoms with Gasteiger partial charge in [-0.1, -0.05) is 18.2 Å². The number of ether oxygens (including phenoxy) is 2. The minimum atomic E-state index is -0.524. The second-order valence-electron chi connectivity index (χ2n) is 4.56. The average molecular weight is 301 g/mol. The van der Waals surface area contributed by atoms with Crippen molar-refractivity contribution in [3.05, 3.63) is 65.5 Å². The van der Waals surface area contributed by atoms with Crippen LogP contribution < -0.4 is 15.2 Å². The molecule has 22 heavy (non-hydrogen) atoms. The first kappa shape index (κ1) is 15.6. The molecule has 0 heterocycles. The third-order valence-corrected chi connectivity index (χ3v) is 2.94. The highest BCUT2D eigenvalue weighted by Gasteiger charge is 2.06. The quantitative estimate of drug-likeness (QED) is 0.834. The number of methoxy groups -OCH3 is 1. The second kappa shape index (κ2) is 7.26. The van der Waals surface area contributed by atoms with E-state index in [0.29, 0.717) is 11.5 Å². The first-order chi connectivity index (χ1) is 10.6. The van der Waals surface area contributed by atoms with Crippen LogP contribution in [0.25, 0.3) is 6.08 Å². The summed E-state index contributed by atoms with van der Waals surface area (Å²) in [5.41, 5.74) is 6.66. The van der Waals surface area contributed by atoms with E-state index < -0.39 is 5.91 Å². The van der Waals surface area contributed by atoms with Crippen molar-refractivity contribution < 1.29 is 18.7 Å². The lowest BCUT2D eigenvalue weighted by atomic mass is 10.2. The van der Waals surface area contributed by atoms with E-state index in [0.717, 1.165) is 11.1 Å². The van der Waals surface area contributed by atoms with Crippen molar-refractivity contribution in [1.82, 2.24) is 0 Å². The monoisotopic (exact) mass is 301 g/mol. The van der Waals surface area contributed by atoms with Gasteiger partial charge in [-0.2, -0.15) is 0 Å². The van der Waals surface area contributed by atoms with Crippen LogP contribution in [0.4, 0.5) is 4.39 Å². The predicted molar refractivity (Wildman–Crippen MR) is 82.0 cm³/mol. The van der Waals surface area contributed by atoms with Gasteiger partial charge in [0, 0.05) is 6.08 Å². The molecule has 0 unspecified atom stereocenters. The van der Waals surface area contributed by atoms with Gasteiger partial charge in [-0.3, -0.25) is 4.79 Å². The smallest absolute Gasteiger partial charge is 0.241 e. The Bertz CT molecular complexity index is 681. The summed E-state index contributed by atoms with van der Waals surface area (Å²) in [7, 11) is 1.54. The van der Waals surface area contributed by atoms with Gasteiger partial charge in [0.2, 0.25) is 5.91 Å². The van der Waals surface area contributed by atoms with Crippen LogP contribution >= 0.6 is 0 Å². The molecule has 2 aromatic rings. The molecular formula is C17H16FNO3. The maximum absolute atomic E-state index is 12.9. The number of benzene rings is 2. The van der Waals surface area contributed by atoms with E-state index in [1.165, 1.54) is 18.2 Å². The summed E-state index contributed by atoms with van der Waals surface area (Å²) in [4.78, 5) is 10.8. The molecule has 1 amide bonds. The molecule has 2 aromatic carbocycles. The maximum atomic E-state index is 12.9. The summed E-state index contributed by atoms with van der Waals surface area (Å²) >= 11 is 0. The van der Waals surface area contributed by atoms with Crippen molar-refractivity contribution >= 4 is 12.0 Å². The fourth-order valence-electron chi connectivity index (χ4n) is 1.83. The SMILES string of the molecule is COc1ccc(C=CC(N)=O)cc1OCc1ccc(F)cc1. The van der Waals surface area contributed by atoms with E-state index >= 15 is 0 Å². The molecule has 0 radical (unpaired) electrons. The zero-order valence-electron chi connectivity index (χ0n) is 12.1. The second-order valence-corrected chi connectivity index (χ2v) is 4.56. The van der Waals surface area contributed by atoms with Gasteiger partial charge in [-0.25, -0.2) is 4.39 Å². The zero-order chi connectivity index (χ0) is 15.9. The molecule has 0 aliphatic heterocycles. The van der Waals surface area contributed by atoms with Crippen LogP contribution in [0.15, 0.2) is 48.5 Å². The number of carbonyl (C=O) groups excluding carboxylic acids is 1. The van der Waals surface area contributed by atoms with Crippen molar-refractivity contribution in [2.45, 2.75) is 6.61 Å². The van der Waals surface area contributed by atoms with E-state index in [9.17, 15) is 9.18 Å². The van der Waals surface area contributed by atoms with Gasteiger partial charge >= 0.3 is 0 Å². The van der Waals surface area contributed by atoms with Crippen LogP contribution in [0.5, 0.6) is 11.5 Å². The van der Waals surface area contributed by atoms with Crippen LogP contribution in [-0.4, -0.2) is 13.0 Å². The summed E-state index contributed by atoms with van der Waals surface area (Å²) in [6, 6.07) is 11.3. The zero-order valence-corrected chi connectivity index (χ0v) is 12.1. The van der Waals surface area contributed by atoms with Gasteiger partial charge in [0.05, 0.1) is 7.11 Å². The highest BCUT2D eigenvalue weighted by molar-refractivity contribution is 5.90. The van der Waals surface area contributed by atoms with Crippen molar-refractivity contribution in [2.24, 2.45) is 5.73 Å². The molecule has 0 bridgehead atoms. The molecule has 2 N–H and O–H groups in total. The van der Waals surface area contributed by atoms with E-state index in [1.807, 2.05) is 0 Å². The molecule has 0 aliphatic rings. The number of carbonyl (C=O) groups is 1. The molecule has 0 spiro atoms. The Hall–Kier alpha value is -2.82. The summed E-state index contributed by atoms with van der Waals surface area (Å²) in [6.45, 7) is 0.277. The summed E-state index contributed by atoms with van der Waals surface area (Å²) in [5, 5.41) is 0. The molecule has 0 saturated carbocycles. The topological polar surface area (TPSA) is 61.5 Å². The Labute approximate surface area is 128 Å². The van der Waals surface area contributed by atoms with Crippen molar-refractivity contribution in [2.75, 3.05) is 7.11 Å².